The Kier molecular flexibility index (Phi) is 5.30. The van der Waals surface area contributed by atoms with Crippen LogP contribution in [0.5, 0.6) is 5.75 Å². The number of methoxy groups -OCH3 is 1. The Labute approximate surface area is 164 Å². The van der Waals surface area contributed by atoms with Crippen molar-refractivity contribution in [3.63, 3.8) is 0 Å². The number of carbonyl (C=O) groups is 2. The molecule has 2 aliphatic rings. The summed E-state index contributed by atoms with van der Waals surface area (Å²) in [5.41, 5.74) is 4.09. The van der Waals surface area contributed by atoms with Crippen LogP contribution in [0.4, 0.5) is 5.69 Å². The third kappa shape index (κ3) is 3.87. The van der Waals surface area contributed by atoms with Gasteiger partial charge >= 0.3 is 0 Å². The van der Waals surface area contributed by atoms with Gasteiger partial charge in [-0.25, -0.2) is 0 Å². The number of nitrogens with zero attached hydrogens (tertiary/aromatic N) is 1. The number of hydrogen-bond acceptors (Lipinski definition) is 4. The molecule has 0 radical (unpaired) electrons. The number of fused-ring (bicyclic) bond motifs is 1. The summed E-state index contributed by atoms with van der Waals surface area (Å²) < 4.78 is 10.6. The third-order valence-corrected chi connectivity index (χ3v) is 5.30. The zero-order valence-electron chi connectivity index (χ0n) is 15.9. The summed E-state index contributed by atoms with van der Waals surface area (Å²) in [4.78, 5) is 26.4. The van der Waals surface area contributed by atoms with Gasteiger partial charge in [0.25, 0.3) is 0 Å². The van der Waals surface area contributed by atoms with Gasteiger partial charge in [0.2, 0.25) is 11.8 Å². The molecule has 2 heterocycles. The summed E-state index contributed by atoms with van der Waals surface area (Å²) in [5.74, 6) is 0.515. The smallest absolute Gasteiger partial charge is 0.229 e. The molecule has 1 saturated heterocycles. The largest absolute Gasteiger partial charge is 0.493 e. The molecule has 1 N–H and O–H groups in total. The molecule has 2 aromatic carbocycles. The van der Waals surface area contributed by atoms with Gasteiger partial charge in [-0.3, -0.25) is 9.59 Å². The summed E-state index contributed by atoms with van der Waals surface area (Å²) in [6.07, 6.45) is 1.18. The maximum Gasteiger partial charge on any atom is 0.229 e. The van der Waals surface area contributed by atoms with Gasteiger partial charge < -0.3 is 19.7 Å². The minimum Gasteiger partial charge on any atom is -0.493 e. The first-order chi connectivity index (χ1) is 13.6. The third-order valence-electron chi connectivity index (χ3n) is 5.30. The van der Waals surface area contributed by atoms with E-state index in [0.29, 0.717) is 19.7 Å². The molecule has 146 valence electrons. The van der Waals surface area contributed by atoms with Gasteiger partial charge in [-0.15, -0.1) is 0 Å². The molecule has 0 saturated carbocycles. The number of ether oxygens (including phenoxy) is 2. The minimum atomic E-state index is -0.329. The van der Waals surface area contributed by atoms with Crippen molar-refractivity contribution in [1.82, 2.24) is 4.90 Å². The zero-order valence-corrected chi connectivity index (χ0v) is 15.9. The van der Waals surface area contributed by atoms with E-state index in [1.807, 2.05) is 36.4 Å². The molecule has 2 aliphatic heterocycles. The Bertz CT molecular complexity index is 896. The summed E-state index contributed by atoms with van der Waals surface area (Å²) in [6, 6.07) is 14.0. The van der Waals surface area contributed by atoms with Crippen LogP contribution in [-0.2, 0) is 20.7 Å². The Morgan fingerprint density at radius 3 is 2.96 bits per heavy atom. The quantitative estimate of drug-likeness (QED) is 0.837. The number of hydrogen-bond donors (Lipinski definition) is 1. The van der Waals surface area contributed by atoms with Crippen molar-refractivity contribution in [2.24, 2.45) is 5.92 Å². The predicted octanol–water partition coefficient (Wildman–Crippen LogP) is 2.72. The molecule has 0 aromatic heterocycles. The first-order valence-electron chi connectivity index (χ1n) is 9.58. The molecule has 1 unspecified atom stereocenters. The number of anilines is 1. The van der Waals surface area contributed by atoms with E-state index in [1.165, 1.54) is 5.56 Å². The normalized spacial score (nSPS) is 18.1. The van der Waals surface area contributed by atoms with Crippen molar-refractivity contribution < 1.29 is 19.1 Å². The van der Waals surface area contributed by atoms with Crippen molar-refractivity contribution >= 4 is 17.5 Å². The van der Waals surface area contributed by atoms with Crippen molar-refractivity contribution in [2.45, 2.75) is 12.8 Å². The van der Waals surface area contributed by atoms with Crippen LogP contribution in [0.3, 0.4) is 0 Å². The van der Waals surface area contributed by atoms with Crippen LogP contribution in [0.2, 0.25) is 0 Å². The standard InChI is InChI=1S/C22H24N2O4/c1-27-10-8-24-14-18(13-21(24)25)22(26)23-19-4-2-3-15(12-19)16-5-6-20-17(11-16)7-9-28-20/h2-6,11-12,18H,7-10,13-14H2,1H3,(H,23,26). The summed E-state index contributed by atoms with van der Waals surface area (Å²) in [6.45, 7) is 2.18. The average molecular weight is 380 g/mol. The van der Waals surface area contributed by atoms with E-state index in [-0.39, 0.29) is 24.2 Å². The lowest BCUT2D eigenvalue weighted by Crippen LogP contribution is -2.30. The van der Waals surface area contributed by atoms with E-state index in [0.717, 1.165) is 35.6 Å². The second-order valence-corrected chi connectivity index (χ2v) is 7.22. The van der Waals surface area contributed by atoms with Crippen LogP contribution in [0.15, 0.2) is 42.5 Å². The Balaban J connectivity index is 1.44. The maximum absolute atomic E-state index is 12.6. The number of benzene rings is 2. The lowest BCUT2D eigenvalue weighted by atomic mass is 10.0. The van der Waals surface area contributed by atoms with Crippen LogP contribution in [-0.4, -0.2) is 50.1 Å². The molecular formula is C22H24N2O4. The molecule has 1 atom stereocenters. The highest BCUT2D eigenvalue weighted by Crippen LogP contribution is 2.31. The molecule has 1 fully saturated rings. The van der Waals surface area contributed by atoms with E-state index in [4.69, 9.17) is 9.47 Å². The van der Waals surface area contributed by atoms with E-state index in [9.17, 15) is 9.59 Å². The van der Waals surface area contributed by atoms with E-state index in [1.54, 1.807) is 12.0 Å². The summed E-state index contributed by atoms with van der Waals surface area (Å²) in [5, 5.41) is 2.97. The number of rotatable bonds is 6. The van der Waals surface area contributed by atoms with E-state index in [2.05, 4.69) is 11.4 Å². The molecule has 0 bridgehead atoms. The van der Waals surface area contributed by atoms with Gasteiger partial charge in [-0.1, -0.05) is 18.2 Å². The number of amides is 2. The fourth-order valence-electron chi connectivity index (χ4n) is 3.75. The Hall–Kier alpha value is -2.86. The first-order valence-corrected chi connectivity index (χ1v) is 9.58. The summed E-state index contributed by atoms with van der Waals surface area (Å²) in [7, 11) is 1.60. The predicted molar refractivity (Wildman–Crippen MR) is 106 cm³/mol. The average Bonchev–Trinajstić information content (AvgIpc) is 3.32. The number of nitrogens with one attached hydrogen (secondary N) is 1. The maximum atomic E-state index is 12.6. The number of carbonyl (C=O) groups excluding carboxylic acids is 2. The second-order valence-electron chi connectivity index (χ2n) is 7.22. The fourth-order valence-corrected chi connectivity index (χ4v) is 3.75. The van der Waals surface area contributed by atoms with Crippen molar-refractivity contribution in [3.05, 3.63) is 48.0 Å². The van der Waals surface area contributed by atoms with E-state index < -0.39 is 0 Å². The van der Waals surface area contributed by atoms with Crippen molar-refractivity contribution in [2.75, 3.05) is 38.7 Å². The highest BCUT2D eigenvalue weighted by Gasteiger charge is 2.34. The number of likely N-dealkylation sites (tertiary alicyclic amines) is 1. The highest BCUT2D eigenvalue weighted by atomic mass is 16.5. The second kappa shape index (κ2) is 8.02. The van der Waals surface area contributed by atoms with Gasteiger partial charge in [-0.05, 0) is 41.0 Å². The van der Waals surface area contributed by atoms with Gasteiger partial charge in [0.15, 0.2) is 0 Å². The summed E-state index contributed by atoms with van der Waals surface area (Å²) >= 11 is 0. The zero-order chi connectivity index (χ0) is 19.5. The molecule has 0 aliphatic carbocycles. The highest BCUT2D eigenvalue weighted by molar-refractivity contribution is 5.97. The van der Waals surface area contributed by atoms with Gasteiger partial charge in [0.05, 0.1) is 19.1 Å². The molecule has 2 amide bonds. The molecule has 0 spiro atoms. The monoisotopic (exact) mass is 380 g/mol. The molecule has 28 heavy (non-hydrogen) atoms. The van der Waals surface area contributed by atoms with Crippen LogP contribution in [0, 0.1) is 5.92 Å². The first kappa shape index (κ1) is 18.5. The van der Waals surface area contributed by atoms with Crippen LogP contribution < -0.4 is 10.1 Å². The van der Waals surface area contributed by atoms with E-state index >= 15 is 0 Å². The molecular weight excluding hydrogens is 356 g/mol. The lowest BCUT2D eigenvalue weighted by Gasteiger charge is -2.16. The van der Waals surface area contributed by atoms with Crippen molar-refractivity contribution in [1.29, 1.82) is 0 Å². The van der Waals surface area contributed by atoms with Gasteiger partial charge in [-0.2, -0.15) is 0 Å². The lowest BCUT2D eigenvalue weighted by molar-refractivity contribution is -0.128. The Morgan fingerprint density at radius 1 is 1.25 bits per heavy atom. The molecule has 2 aromatic rings. The Morgan fingerprint density at radius 2 is 2.11 bits per heavy atom. The molecule has 6 heteroatoms. The van der Waals surface area contributed by atoms with Gasteiger partial charge in [0, 0.05) is 38.7 Å². The minimum absolute atomic E-state index is 0.00584. The SMILES string of the molecule is COCCN1CC(C(=O)Nc2cccc(-c3ccc4c(c3)CCO4)c2)CC1=O. The topological polar surface area (TPSA) is 67.9 Å². The fraction of sp³-hybridized carbons (Fsp3) is 0.364. The van der Waals surface area contributed by atoms with Crippen LogP contribution in [0.25, 0.3) is 11.1 Å². The van der Waals surface area contributed by atoms with Crippen molar-refractivity contribution in [3.8, 4) is 16.9 Å². The van der Waals surface area contributed by atoms with Crippen LogP contribution in [0.1, 0.15) is 12.0 Å². The molecule has 6 nitrogen and oxygen atoms in total. The van der Waals surface area contributed by atoms with Crippen LogP contribution >= 0.6 is 0 Å². The van der Waals surface area contributed by atoms with Gasteiger partial charge in [0.1, 0.15) is 5.75 Å². The molecule has 4 rings (SSSR count).